The molecule has 9 heteroatoms. The summed E-state index contributed by atoms with van der Waals surface area (Å²) in [6.07, 6.45) is 1.08. The molecule has 6 nitrogen and oxygen atoms in total. The monoisotopic (exact) mass is 446 g/mol. The molecule has 2 aliphatic rings. The highest BCUT2D eigenvalue weighted by atomic mass is 19.1. The lowest BCUT2D eigenvalue weighted by Crippen LogP contribution is -2.57. The topological polar surface area (TPSA) is 64.7 Å². The third-order valence-electron chi connectivity index (χ3n) is 6.24. The van der Waals surface area contributed by atoms with E-state index in [1.807, 2.05) is 4.90 Å². The minimum atomic E-state index is -0.903. The molecule has 0 saturated carbocycles. The molecule has 1 spiro atoms. The van der Waals surface area contributed by atoms with E-state index in [9.17, 15) is 22.8 Å². The molecule has 2 saturated heterocycles. The third-order valence-corrected chi connectivity index (χ3v) is 6.24. The number of amides is 2. The molecule has 0 radical (unpaired) electrons. The Hall–Kier alpha value is -3.07. The SMILES string of the molecule is C[C@@H](CN1CCC2(CC1)C(=O)NCN2c1cccc(F)c1)NC(=O)c1c(F)cccc1F. The number of likely N-dealkylation sites (tertiary alicyclic amines) is 1. The van der Waals surface area contributed by atoms with Crippen molar-refractivity contribution >= 4 is 17.5 Å². The van der Waals surface area contributed by atoms with Crippen LogP contribution in [0.15, 0.2) is 42.5 Å². The van der Waals surface area contributed by atoms with Gasteiger partial charge in [-0.25, -0.2) is 13.2 Å². The fourth-order valence-electron chi connectivity index (χ4n) is 4.62. The maximum Gasteiger partial charge on any atom is 0.257 e. The predicted molar refractivity (Wildman–Crippen MR) is 114 cm³/mol. The Balaban J connectivity index is 1.38. The van der Waals surface area contributed by atoms with E-state index in [-0.39, 0.29) is 17.8 Å². The zero-order valence-electron chi connectivity index (χ0n) is 17.7. The minimum Gasteiger partial charge on any atom is -0.348 e. The molecule has 0 unspecified atom stereocenters. The quantitative estimate of drug-likeness (QED) is 0.741. The van der Waals surface area contributed by atoms with Crippen molar-refractivity contribution in [3.8, 4) is 0 Å². The summed E-state index contributed by atoms with van der Waals surface area (Å²) in [7, 11) is 0. The van der Waals surface area contributed by atoms with Crippen molar-refractivity contribution in [3.05, 3.63) is 65.5 Å². The van der Waals surface area contributed by atoms with Crippen molar-refractivity contribution in [1.82, 2.24) is 15.5 Å². The first kappa shape index (κ1) is 22.1. The first-order valence-corrected chi connectivity index (χ1v) is 10.6. The number of carbonyl (C=O) groups excluding carboxylic acids is 2. The number of nitrogens with zero attached hydrogens (tertiary/aromatic N) is 2. The van der Waals surface area contributed by atoms with Crippen molar-refractivity contribution in [2.45, 2.75) is 31.3 Å². The van der Waals surface area contributed by atoms with Gasteiger partial charge in [-0.3, -0.25) is 9.59 Å². The molecule has 0 bridgehead atoms. The van der Waals surface area contributed by atoms with Gasteiger partial charge in [0.15, 0.2) is 0 Å². The zero-order valence-corrected chi connectivity index (χ0v) is 17.7. The Bertz CT molecular complexity index is 1000. The second-order valence-corrected chi connectivity index (χ2v) is 8.38. The predicted octanol–water partition coefficient (Wildman–Crippen LogP) is 2.65. The number of rotatable bonds is 5. The van der Waals surface area contributed by atoms with E-state index in [0.717, 1.165) is 12.1 Å². The van der Waals surface area contributed by atoms with E-state index in [2.05, 4.69) is 15.5 Å². The fraction of sp³-hybridized carbons (Fsp3) is 0.391. The van der Waals surface area contributed by atoms with Gasteiger partial charge in [0.2, 0.25) is 5.91 Å². The number of anilines is 1. The summed E-state index contributed by atoms with van der Waals surface area (Å²) in [6.45, 7) is 3.74. The fourth-order valence-corrected chi connectivity index (χ4v) is 4.62. The van der Waals surface area contributed by atoms with Crippen LogP contribution < -0.4 is 15.5 Å². The van der Waals surface area contributed by atoms with Crippen molar-refractivity contribution in [3.63, 3.8) is 0 Å². The van der Waals surface area contributed by atoms with Gasteiger partial charge < -0.3 is 20.4 Å². The Morgan fingerprint density at radius 1 is 1.12 bits per heavy atom. The van der Waals surface area contributed by atoms with Crippen LogP contribution in [0.25, 0.3) is 0 Å². The summed E-state index contributed by atoms with van der Waals surface area (Å²) < 4.78 is 41.4. The average Bonchev–Trinajstić information content (AvgIpc) is 3.05. The summed E-state index contributed by atoms with van der Waals surface area (Å²) in [5, 5.41) is 5.52. The molecule has 170 valence electrons. The average molecular weight is 446 g/mol. The molecular weight excluding hydrogens is 421 g/mol. The van der Waals surface area contributed by atoms with Gasteiger partial charge in [0.1, 0.15) is 28.6 Å². The van der Waals surface area contributed by atoms with Crippen LogP contribution in [0.5, 0.6) is 0 Å². The maximum absolute atomic E-state index is 13.8. The Morgan fingerprint density at radius 3 is 2.44 bits per heavy atom. The van der Waals surface area contributed by atoms with Gasteiger partial charge in [-0.2, -0.15) is 0 Å². The molecule has 2 fully saturated rings. The Kier molecular flexibility index (Phi) is 6.10. The highest BCUT2D eigenvalue weighted by Gasteiger charge is 2.50. The summed E-state index contributed by atoms with van der Waals surface area (Å²) in [6, 6.07) is 9.15. The minimum absolute atomic E-state index is 0.0715. The smallest absolute Gasteiger partial charge is 0.257 e. The molecule has 1 atom stereocenters. The number of hydrogen-bond acceptors (Lipinski definition) is 4. The standard InChI is InChI=1S/C23H25F3N4O2/c1-15(28-21(31)20-18(25)6-3-7-19(20)26)13-29-10-8-23(9-11-29)22(32)27-14-30(23)17-5-2-4-16(24)12-17/h2-7,12,15H,8-11,13-14H2,1H3,(H,27,32)(H,28,31)/t15-/m0/s1. The molecule has 32 heavy (non-hydrogen) atoms. The van der Waals surface area contributed by atoms with Crippen molar-refractivity contribution < 1.29 is 22.8 Å². The lowest BCUT2D eigenvalue weighted by Gasteiger charge is -2.43. The molecule has 2 aromatic rings. The number of carbonyl (C=O) groups is 2. The van der Waals surface area contributed by atoms with E-state index in [0.29, 0.717) is 44.8 Å². The number of nitrogens with one attached hydrogen (secondary N) is 2. The first-order chi connectivity index (χ1) is 15.3. The Morgan fingerprint density at radius 2 is 1.78 bits per heavy atom. The van der Waals surface area contributed by atoms with Crippen molar-refractivity contribution in [2.75, 3.05) is 31.2 Å². The first-order valence-electron chi connectivity index (χ1n) is 10.6. The van der Waals surface area contributed by atoms with Crippen LogP contribution in [-0.2, 0) is 4.79 Å². The van der Waals surface area contributed by atoms with E-state index >= 15 is 0 Å². The third kappa shape index (κ3) is 4.17. The van der Waals surface area contributed by atoms with Crippen LogP contribution in [-0.4, -0.2) is 54.6 Å². The lowest BCUT2D eigenvalue weighted by atomic mass is 9.85. The molecule has 0 aromatic heterocycles. The van der Waals surface area contributed by atoms with Gasteiger partial charge in [-0.15, -0.1) is 0 Å². The van der Waals surface area contributed by atoms with E-state index in [4.69, 9.17) is 0 Å². The zero-order chi connectivity index (χ0) is 22.9. The highest BCUT2D eigenvalue weighted by molar-refractivity contribution is 5.95. The molecule has 2 N–H and O–H groups in total. The molecule has 4 rings (SSSR count). The van der Waals surface area contributed by atoms with Gasteiger partial charge in [0.25, 0.3) is 5.91 Å². The van der Waals surface area contributed by atoms with Gasteiger partial charge >= 0.3 is 0 Å². The second-order valence-electron chi connectivity index (χ2n) is 8.38. The van der Waals surface area contributed by atoms with Gasteiger partial charge in [-0.05, 0) is 50.1 Å². The molecule has 2 heterocycles. The van der Waals surface area contributed by atoms with Crippen LogP contribution >= 0.6 is 0 Å². The Labute approximate surface area is 184 Å². The van der Waals surface area contributed by atoms with E-state index < -0.39 is 28.6 Å². The van der Waals surface area contributed by atoms with Crippen LogP contribution in [0.2, 0.25) is 0 Å². The number of halogens is 3. The molecule has 2 amide bonds. The molecule has 2 aliphatic heterocycles. The highest BCUT2D eigenvalue weighted by Crippen LogP contribution is 2.36. The molecular formula is C23H25F3N4O2. The van der Waals surface area contributed by atoms with Crippen LogP contribution in [0.1, 0.15) is 30.1 Å². The molecule has 0 aliphatic carbocycles. The van der Waals surface area contributed by atoms with Gasteiger partial charge in [-0.1, -0.05) is 12.1 Å². The van der Waals surface area contributed by atoms with Crippen LogP contribution in [0, 0.1) is 17.5 Å². The van der Waals surface area contributed by atoms with Crippen molar-refractivity contribution in [2.24, 2.45) is 0 Å². The second kappa shape index (κ2) is 8.82. The summed E-state index contributed by atoms with van der Waals surface area (Å²) in [4.78, 5) is 29.1. The molecule has 2 aromatic carbocycles. The number of hydrogen-bond donors (Lipinski definition) is 2. The van der Waals surface area contributed by atoms with Crippen molar-refractivity contribution in [1.29, 1.82) is 0 Å². The summed E-state index contributed by atoms with van der Waals surface area (Å²) in [5.74, 6) is -3.03. The number of piperidine rings is 1. The van der Waals surface area contributed by atoms with Gasteiger partial charge in [0, 0.05) is 31.4 Å². The summed E-state index contributed by atoms with van der Waals surface area (Å²) >= 11 is 0. The van der Waals surface area contributed by atoms with Crippen LogP contribution in [0.4, 0.5) is 18.9 Å². The maximum atomic E-state index is 13.8. The van der Waals surface area contributed by atoms with Crippen LogP contribution in [0.3, 0.4) is 0 Å². The normalized spacial score (nSPS) is 19.1. The van der Waals surface area contributed by atoms with Gasteiger partial charge in [0.05, 0.1) is 6.67 Å². The lowest BCUT2D eigenvalue weighted by molar-refractivity contribution is -0.125. The largest absolute Gasteiger partial charge is 0.348 e. The van der Waals surface area contributed by atoms with E-state index in [1.54, 1.807) is 19.1 Å². The summed E-state index contributed by atoms with van der Waals surface area (Å²) in [5.41, 5.74) is -0.678. The van der Waals surface area contributed by atoms with E-state index in [1.165, 1.54) is 18.2 Å². The number of benzene rings is 2.